The first kappa shape index (κ1) is 12.8. The van der Waals surface area contributed by atoms with Crippen LogP contribution in [0.1, 0.15) is 13.3 Å². The number of rotatable bonds is 4. The van der Waals surface area contributed by atoms with Crippen molar-refractivity contribution < 1.29 is 27.8 Å². The summed E-state index contributed by atoms with van der Waals surface area (Å²) < 4.78 is 34.4. The monoisotopic (exact) mass is 237 g/mol. The molecule has 1 heterocycles. The molecular weight excluding hydrogens is 224 g/mol. The first-order valence-corrected chi connectivity index (χ1v) is 4.77. The van der Waals surface area contributed by atoms with Crippen molar-refractivity contribution in [3.05, 3.63) is 0 Å². The van der Waals surface area contributed by atoms with Gasteiger partial charge in [-0.2, -0.15) is 8.78 Å². The average molecular weight is 237 g/mol. The van der Waals surface area contributed by atoms with Gasteiger partial charge in [0.25, 0.3) is 0 Å². The molecule has 16 heavy (non-hydrogen) atoms. The van der Waals surface area contributed by atoms with Gasteiger partial charge in [-0.05, 0) is 6.92 Å². The van der Waals surface area contributed by atoms with E-state index in [9.17, 15) is 18.4 Å². The summed E-state index contributed by atoms with van der Waals surface area (Å²) in [5, 5.41) is 2.65. The maximum absolute atomic E-state index is 12.7. The minimum Gasteiger partial charge on any atom is -0.468 e. The molecule has 0 saturated carbocycles. The Kier molecular flexibility index (Phi) is 3.79. The van der Waals surface area contributed by atoms with Crippen LogP contribution in [0, 0.1) is 0 Å². The molecule has 1 aliphatic rings. The van der Waals surface area contributed by atoms with Gasteiger partial charge in [0, 0.05) is 6.54 Å². The van der Waals surface area contributed by atoms with Crippen molar-refractivity contribution in [1.82, 2.24) is 5.32 Å². The van der Waals surface area contributed by atoms with E-state index in [4.69, 9.17) is 0 Å². The number of carbonyl (C=O) groups is 2. The Labute approximate surface area is 91.1 Å². The molecule has 2 unspecified atom stereocenters. The van der Waals surface area contributed by atoms with Crippen LogP contribution in [0.4, 0.5) is 8.78 Å². The van der Waals surface area contributed by atoms with E-state index >= 15 is 0 Å². The number of ether oxygens (including phenoxy) is 2. The second kappa shape index (κ2) is 4.73. The molecule has 2 atom stereocenters. The summed E-state index contributed by atoms with van der Waals surface area (Å²) >= 11 is 0. The minimum absolute atomic E-state index is 0.00238. The van der Waals surface area contributed by atoms with Crippen molar-refractivity contribution in [2.75, 3.05) is 13.7 Å². The number of carbonyl (C=O) groups excluding carboxylic acids is 2. The molecule has 1 fully saturated rings. The largest absolute Gasteiger partial charge is 0.468 e. The van der Waals surface area contributed by atoms with Gasteiger partial charge in [0.15, 0.2) is 0 Å². The lowest BCUT2D eigenvalue weighted by atomic mass is 10.2. The van der Waals surface area contributed by atoms with E-state index in [1.54, 1.807) is 0 Å². The fourth-order valence-electron chi connectivity index (χ4n) is 1.33. The lowest BCUT2D eigenvalue weighted by molar-refractivity contribution is -0.159. The van der Waals surface area contributed by atoms with Gasteiger partial charge in [0.1, 0.15) is 12.1 Å². The zero-order valence-electron chi connectivity index (χ0n) is 8.96. The Bertz CT molecular complexity index is 295. The number of hydrogen-bond acceptors (Lipinski definition) is 5. The number of methoxy groups -OCH3 is 1. The lowest BCUT2D eigenvalue weighted by Gasteiger charge is -2.14. The normalized spacial score (nSPS) is 25.0. The Hall–Kier alpha value is -1.24. The standard InChI is InChI=1S/C9H13F2NO4/c1-5(7(13)15-2)12-4-6-3-9(10,11)8(14)16-6/h5-6,12H,3-4H2,1-2H3. The molecule has 92 valence electrons. The van der Waals surface area contributed by atoms with Crippen molar-refractivity contribution in [1.29, 1.82) is 0 Å². The quantitative estimate of drug-likeness (QED) is 0.702. The van der Waals surface area contributed by atoms with Crippen LogP contribution in [0.2, 0.25) is 0 Å². The van der Waals surface area contributed by atoms with Crippen molar-refractivity contribution in [2.24, 2.45) is 0 Å². The van der Waals surface area contributed by atoms with Crippen molar-refractivity contribution in [2.45, 2.75) is 31.4 Å². The van der Waals surface area contributed by atoms with Crippen molar-refractivity contribution in [3.8, 4) is 0 Å². The molecule has 1 rings (SSSR count). The van der Waals surface area contributed by atoms with Crippen LogP contribution in [0.5, 0.6) is 0 Å². The molecule has 0 aromatic heterocycles. The highest BCUT2D eigenvalue weighted by Gasteiger charge is 2.50. The highest BCUT2D eigenvalue weighted by Crippen LogP contribution is 2.30. The Morgan fingerprint density at radius 1 is 1.75 bits per heavy atom. The van der Waals surface area contributed by atoms with Gasteiger partial charge in [-0.3, -0.25) is 4.79 Å². The molecule has 1 aliphatic heterocycles. The Balaban J connectivity index is 2.36. The zero-order valence-corrected chi connectivity index (χ0v) is 8.96. The van der Waals surface area contributed by atoms with Crippen LogP contribution >= 0.6 is 0 Å². The predicted molar refractivity (Wildman–Crippen MR) is 48.9 cm³/mol. The van der Waals surface area contributed by atoms with Gasteiger partial charge in [-0.25, -0.2) is 4.79 Å². The topological polar surface area (TPSA) is 64.6 Å². The third-order valence-electron chi connectivity index (χ3n) is 2.26. The second-order valence-electron chi connectivity index (χ2n) is 3.59. The SMILES string of the molecule is COC(=O)C(C)NCC1CC(F)(F)C(=O)O1. The predicted octanol–water partition coefficient (Wildman–Crippen LogP) is 0.0883. The van der Waals surface area contributed by atoms with E-state index in [1.165, 1.54) is 14.0 Å². The van der Waals surface area contributed by atoms with E-state index in [0.717, 1.165) is 0 Å². The van der Waals surface area contributed by atoms with Crippen molar-refractivity contribution in [3.63, 3.8) is 0 Å². The molecular formula is C9H13F2NO4. The van der Waals surface area contributed by atoms with Crippen LogP contribution in [-0.4, -0.2) is 43.7 Å². The molecule has 0 aliphatic carbocycles. The number of hydrogen-bond donors (Lipinski definition) is 1. The summed E-state index contributed by atoms with van der Waals surface area (Å²) in [5.74, 6) is -5.43. The van der Waals surface area contributed by atoms with E-state index in [-0.39, 0.29) is 6.54 Å². The first-order valence-electron chi connectivity index (χ1n) is 4.77. The number of nitrogens with one attached hydrogen (secondary N) is 1. The summed E-state index contributed by atoms with van der Waals surface area (Å²) in [6.07, 6.45) is -1.57. The summed E-state index contributed by atoms with van der Waals surface area (Å²) in [6.45, 7) is 1.53. The highest BCUT2D eigenvalue weighted by atomic mass is 19.3. The molecule has 0 bridgehead atoms. The van der Waals surface area contributed by atoms with E-state index < -0.39 is 36.4 Å². The van der Waals surface area contributed by atoms with E-state index in [0.29, 0.717) is 0 Å². The summed E-state index contributed by atoms with van der Waals surface area (Å²) in [5.41, 5.74) is 0. The molecule has 1 saturated heterocycles. The maximum Gasteiger partial charge on any atom is 0.377 e. The summed E-state index contributed by atoms with van der Waals surface area (Å²) in [6, 6.07) is -0.627. The van der Waals surface area contributed by atoms with Crippen LogP contribution < -0.4 is 5.32 Å². The maximum atomic E-state index is 12.7. The van der Waals surface area contributed by atoms with Gasteiger partial charge >= 0.3 is 17.9 Å². The molecule has 0 radical (unpaired) electrons. The molecule has 1 N–H and O–H groups in total. The highest BCUT2D eigenvalue weighted by molar-refractivity contribution is 5.79. The molecule has 0 amide bonds. The number of halogens is 2. The average Bonchev–Trinajstić information content (AvgIpc) is 2.48. The summed E-state index contributed by atoms with van der Waals surface area (Å²) in [4.78, 5) is 21.6. The third kappa shape index (κ3) is 2.88. The molecule has 0 aromatic carbocycles. The lowest BCUT2D eigenvalue weighted by Crippen LogP contribution is -2.39. The molecule has 5 nitrogen and oxygen atoms in total. The number of cyclic esters (lactones) is 1. The molecule has 0 aromatic rings. The second-order valence-corrected chi connectivity index (χ2v) is 3.59. The van der Waals surface area contributed by atoms with E-state index in [2.05, 4.69) is 14.8 Å². The Morgan fingerprint density at radius 2 is 2.38 bits per heavy atom. The number of alkyl halides is 2. The van der Waals surface area contributed by atoms with Gasteiger partial charge in [0.05, 0.1) is 13.5 Å². The van der Waals surface area contributed by atoms with Gasteiger partial charge in [-0.15, -0.1) is 0 Å². The fraction of sp³-hybridized carbons (Fsp3) is 0.778. The van der Waals surface area contributed by atoms with Crippen molar-refractivity contribution >= 4 is 11.9 Å². The van der Waals surface area contributed by atoms with Gasteiger partial charge in [-0.1, -0.05) is 0 Å². The van der Waals surface area contributed by atoms with Gasteiger partial charge in [0.2, 0.25) is 0 Å². The van der Waals surface area contributed by atoms with Crippen LogP contribution in [0.15, 0.2) is 0 Å². The van der Waals surface area contributed by atoms with Crippen LogP contribution in [0.25, 0.3) is 0 Å². The fourth-order valence-corrected chi connectivity index (χ4v) is 1.33. The van der Waals surface area contributed by atoms with E-state index in [1.807, 2.05) is 0 Å². The first-order chi connectivity index (χ1) is 7.36. The van der Waals surface area contributed by atoms with Crippen LogP contribution in [-0.2, 0) is 19.1 Å². The number of esters is 2. The minimum atomic E-state index is -3.42. The summed E-state index contributed by atoms with van der Waals surface area (Å²) in [7, 11) is 1.23. The van der Waals surface area contributed by atoms with Crippen LogP contribution in [0.3, 0.4) is 0 Å². The zero-order chi connectivity index (χ0) is 12.3. The van der Waals surface area contributed by atoms with Gasteiger partial charge < -0.3 is 14.8 Å². The molecule has 7 heteroatoms. The Morgan fingerprint density at radius 3 is 2.81 bits per heavy atom. The third-order valence-corrected chi connectivity index (χ3v) is 2.26. The smallest absolute Gasteiger partial charge is 0.377 e. The molecule has 0 spiro atoms.